The van der Waals surface area contributed by atoms with Gasteiger partial charge >= 0.3 is 0 Å². The summed E-state index contributed by atoms with van der Waals surface area (Å²) in [5.41, 5.74) is 3.30. The van der Waals surface area contributed by atoms with E-state index in [2.05, 4.69) is 32.2 Å². The third kappa shape index (κ3) is 5.80. The zero-order chi connectivity index (χ0) is 22.4. The summed E-state index contributed by atoms with van der Waals surface area (Å²) in [5, 5.41) is 3.55. The minimum atomic E-state index is -0.182. The lowest BCUT2D eigenvalue weighted by molar-refractivity contribution is 0.0950. The molecule has 0 fully saturated rings. The maximum atomic E-state index is 12.7. The predicted octanol–water partition coefficient (Wildman–Crippen LogP) is 6.16. The molecule has 0 radical (unpaired) electrons. The van der Waals surface area contributed by atoms with Gasteiger partial charge in [0.15, 0.2) is 0 Å². The number of amides is 1. The molecule has 0 aliphatic carbocycles. The second-order valence-corrected chi connectivity index (χ2v) is 8.74. The van der Waals surface area contributed by atoms with Gasteiger partial charge in [0, 0.05) is 22.7 Å². The molecule has 0 aromatic heterocycles. The summed E-state index contributed by atoms with van der Waals surface area (Å²) >= 11 is 6.18. The number of para-hydroxylation sites is 1. The Morgan fingerprint density at radius 1 is 0.935 bits per heavy atom. The average Bonchev–Trinajstić information content (AvgIpc) is 2.76. The molecular weight excluding hydrogens is 410 g/mol. The summed E-state index contributed by atoms with van der Waals surface area (Å²) in [6.45, 7) is 7.11. The molecule has 3 aromatic rings. The van der Waals surface area contributed by atoms with Crippen LogP contribution in [-0.2, 0) is 18.6 Å². The van der Waals surface area contributed by atoms with Crippen LogP contribution in [0.25, 0.3) is 0 Å². The molecule has 0 bridgehead atoms. The van der Waals surface area contributed by atoms with Crippen molar-refractivity contribution >= 4 is 17.5 Å². The smallest absolute Gasteiger partial charge is 0.251 e. The zero-order valence-corrected chi connectivity index (χ0v) is 19.1. The number of nitrogens with one attached hydrogen (secondary N) is 1. The van der Waals surface area contributed by atoms with Crippen LogP contribution < -0.4 is 14.8 Å². The first-order valence-electron chi connectivity index (χ1n) is 10.2. The summed E-state index contributed by atoms with van der Waals surface area (Å²) in [6, 6.07) is 20.8. The summed E-state index contributed by atoms with van der Waals surface area (Å²) in [5.74, 6) is 1.32. The van der Waals surface area contributed by atoms with Gasteiger partial charge in [-0.1, -0.05) is 68.8 Å². The predicted molar refractivity (Wildman–Crippen MR) is 125 cm³/mol. The fourth-order valence-corrected chi connectivity index (χ4v) is 3.52. The molecule has 5 heteroatoms. The maximum Gasteiger partial charge on any atom is 0.251 e. The lowest BCUT2D eigenvalue weighted by Gasteiger charge is -2.23. The van der Waals surface area contributed by atoms with Gasteiger partial charge in [-0.2, -0.15) is 0 Å². The van der Waals surface area contributed by atoms with Crippen molar-refractivity contribution in [3.8, 4) is 11.5 Å². The number of halogens is 1. The van der Waals surface area contributed by atoms with Crippen LogP contribution in [0.5, 0.6) is 11.5 Å². The Morgan fingerprint density at radius 3 is 2.35 bits per heavy atom. The van der Waals surface area contributed by atoms with Crippen LogP contribution in [0.1, 0.15) is 47.8 Å². The first kappa shape index (κ1) is 22.7. The van der Waals surface area contributed by atoms with Gasteiger partial charge in [0.1, 0.15) is 18.1 Å². The second kappa shape index (κ2) is 9.88. The molecule has 1 amide bonds. The molecule has 0 spiro atoms. The van der Waals surface area contributed by atoms with Gasteiger partial charge in [-0.3, -0.25) is 4.79 Å². The third-order valence-corrected chi connectivity index (χ3v) is 5.39. The first-order valence-corrected chi connectivity index (χ1v) is 10.6. The van der Waals surface area contributed by atoms with E-state index in [1.807, 2.05) is 36.4 Å². The Balaban J connectivity index is 1.75. The number of ether oxygens (including phenoxy) is 2. The summed E-state index contributed by atoms with van der Waals surface area (Å²) < 4.78 is 11.6. The fourth-order valence-electron chi connectivity index (χ4n) is 3.32. The van der Waals surface area contributed by atoms with Gasteiger partial charge in [-0.15, -0.1) is 0 Å². The fraction of sp³-hybridized carbons (Fsp3) is 0.269. The molecule has 0 unspecified atom stereocenters. The van der Waals surface area contributed by atoms with Gasteiger partial charge in [0.05, 0.1) is 7.11 Å². The van der Waals surface area contributed by atoms with Crippen LogP contribution in [0.2, 0.25) is 5.02 Å². The van der Waals surface area contributed by atoms with Gasteiger partial charge < -0.3 is 14.8 Å². The Labute approximate surface area is 189 Å². The molecule has 1 N–H and O–H groups in total. The number of carbonyl (C=O) groups excluding carboxylic acids is 1. The quantitative estimate of drug-likeness (QED) is 0.481. The molecule has 0 saturated carbocycles. The van der Waals surface area contributed by atoms with Crippen LogP contribution >= 0.6 is 11.6 Å². The highest BCUT2D eigenvalue weighted by Crippen LogP contribution is 2.32. The van der Waals surface area contributed by atoms with Crippen molar-refractivity contribution in [1.82, 2.24) is 5.32 Å². The molecule has 0 atom stereocenters. The summed E-state index contributed by atoms with van der Waals surface area (Å²) in [6.07, 6.45) is 0. The molecule has 0 heterocycles. The van der Waals surface area contributed by atoms with Crippen LogP contribution in [0.15, 0.2) is 66.7 Å². The molecule has 3 aromatic carbocycles. The number of hydrogen-bond donors (Lipinski definition) is 1. The van der Waals surface area contributed by atoms with E-state index in [9.17, 15) is 4.79 Å². The highest BCUT2D eigenvalue weighted by molar-refractivity contribution is 6.31. The highest BCUT2D eigenvalue weighted by Gasteiger charge is 2.19. The lowest BCUT2D eigenvalue weighted by atomic mass is 9.86. The van der Waals surface area contributed by atoms with Crippen LogP contribution in [0, 0.1) is 0 Å². The van der Waals surface area contributed by atoms with E-state index >= 15 is 0 Å². The van der Waals surface area contributed by atoms with E-state index < -0.39 is 0 Å². The largest absolute Gasteiger partial charge is 0.496 e. The molecule has 0 saturated heterocycles. The zero-order valence-electron chi connectivity index (χ0n) is 18.4. The van der Waals surface area contributed by atoms with Gasteiger partial charge in [-0.05, 0) is 46.9 Å². The van der Waals surface area contributed by atoms with Crippen LogP contribution in [0.3, 0.4) is 0 Å². The van der Waals surface area contributed by atoms with Gasteiger partial charge in [-0.25, -0.2) is 0 Å². The van der Waals surface area contributed by atoms with Crippen molar-refractivity contribution < 1.29 is 14.3 Å². The van der Waals surface area contributed by atoms with Crippen molar-refractivity contribution in [2.24, 2.45) is 0 Å². The van der Waals surface area contributed by atoms with E-state index in [1.54, 1.807) is 31.4 Å². The standard InChI is InChI=1S/C26H28ClNO3/c1-26(2,3)21-10-6-8-12-24(21)31-17-20-15-18(13-14-23(20)30-4)25(29)28-16-19-9-5-7-11-22(19)27/h5-15H,16-17H2,1-4H3,(H,28,29). The van der Waals surface area contributed by atoms with E-state index in [4.69, 9.17) is 21.1 Å². The molecule has 31 heavy (non-hydrogen) atoms. The van der Waals surface area contributed by atoms with E-state index in [1.165, 1.54) is 0 Å². The van der Waals surface area contributed by atoms with E-state index in [0.717, 1.165) is 22.4 Å². The normalized spacial score (nSPS) is 11.1. The average molecular weight is 438 g/mol. The molecule has 4 nitrogen and oxygen atoms in total. The molecular formula is C26H28ClNO3. The minimum absolute atomic E-state index is 0.0405. The van der Waals surface area contributed by atoms with Crippen molar-refractivity contribution in [3.63, 3.8) is 0 Å². The molecule has 162 valence electrons. The topological polar surface area (TPSA) is 47.6 Å². The van der Waals surface area contributed by atoms with Crippen LogP contribution in [-0.4, -0.2) is 13.0 Å². The maximum absolute atomic E-state index is 12.7. The van der Waals surface area contributed by atoms with Crippen LogP contribution in [0.4, 0.5) is 0 Å². The Hall–Kier alpha value is -2.98. The summed E-state index contributed by atoms with van der Waals surface area (Å²) in [7, 11) is 1.61. The van der Waals surface area contributed by atoms with Gasteiger partial charge in [0.25, 0.3) is 5.91 Å². The lowest BCUT2D eigenvalue weighted by Crippen LogP contribution is -2.23. The Kier molecular flexibility index (Phi) is 7.24. The Morgan fingerprint density at radius 2 is 1.65 bits per heavy atom. The van der Waals surface area contributed by atoms with Crippen molar-refractivity contribution in [2.45, 2.75) is 39.3 Å². The Bertz CT molecular complexity index is 1060. The van der Waals surface area contributed by atoms with Crippen molar-refractivity contribution in [1.29, 1.82) is 0 Å². The first-order chi connectivity index (χ1) is 14.8. The number of carbonyl (C=O) groups is 1. The third-order valence-electron chi connectivity index (χ3n) is 5.02. The number of rotatable bonds is 7. The van der Waals surface area contributed by atoms with Gasteiger partial charge in [0.2, 0.25) is 0 Å². The van der Waals surface area contributed by atoms with E-state index in [-0.39, 0.29) is 11.3 Å². The molecule has 3 rings (SSSR count). The number of methoxy groups -OCH3 is 1. The number of hydrogen-bond acceptors (Lipinski definition) is 3. The highest BCUT2D eigenvalue weighted by atomic mass is 35.5. The second-order valence-electron chi connectivity index (χ2n) is 8.34. The number of benzene rings is 3. The molecule has 0 aliphatic heterocycles. The SMILES string of the molecule is COc1ccc(C(=O)NCc2ccccc2Cl)cc1COc1ccccc1C(C)(C)C. The van der Waals surface area contributed by atoms with Crippen molar-refractivity contribution in [3.05, 3.63) is 94.0 Å². The molecule has 0 aliphatic rings. The van der Waals surface area contributed by atoms with Crippen molar-refractivity contribution in [2.75, 3.05) is 7.11 Å². The summed E-state index contributed by atoms with van der Waals surface area (Å²) in [4.78, 5) is 12.7. The van der Waals surface area contributed by atoms with E-state index in [0.29, 0.717) is 29.5 Å². The monoisotopic (exact) mass is 437 g/mol. The minimum Gasteiger partial charge on any atom is -0.496 e.